The predicted molar refractivity (Wildman–Crippen MR) is 73.9 cm³/mol. The van der Waals surface area contributed by atoms with Gasteiger partial charge >= 0.3 is 0 Å². The quantitative estimate of drug-likeness (QED) is 0.512. The standard InChI is InChI=1S/C14H16N2O4/c17-10-11-7-8-15(9-11)14(18)6-5-12-3-1-2-4-13(12)16(19)20/h1-6,11,17H,7-10H2/b6-5+. The number of amides is 1. The van der Waals surface area contributed by atoms with Crippen molar-refractivity contribution in [3.05, 3.63) is 46.0 Å². The summed E-state index contributed by atoms with van der Waals surface area (Å²) in [6, 6.07) is 6.28. The lowest BCUT2D eigenvalue weighted by Crippen LogP contribution is -2.27. The highest BCUT2D eigenvalue weighted by molar-refractivity contribution is 5.92. The molecule has 0 radical (unpaired) electrons. The molecule has 1 heterocycles. The molecule has 1 amide bonds. The zero-order chi connectivity index (χ0) is 14.5. The molecule has 0 bridgehead atoms. The third-order valence-corrected chi connectivity index (χ3v) is 3.39. The molecule has 6 nitrogen and oxygen atoms in total. The Labute approximate surface area is 116 Å². The maximum absolute atomic E-state index is 11.9. The molecule has 1 saturated heterocycles. The molecule has 0 saturated carbocycles. The number of aliphatic hydroxyl groups excluding tert-OH is 1. The van der Waals surface area contributed by atoms with Crippen LogP contribution in [0.25, 0.3) is 6.08 Å². The van der Waals surface area contributed by atoms with Gasteiger partial charge < -0.3 is 10.0 Å². The fraction of sp³-hybridized carbons (Fsp3) is 0.357. The maximum atomic E-state index is 11.9. The number of hydrogen-bond acceptors (Lipinski definition) is 4. The van der Waals surface area contributed by atoms with Crippen molar-refractivity contribution < 1.29 is 14.8 Å². The van der Waals surface area contributed by atoms with Gasteiger partial charge in [0.05, 0.1) is 10.5 Å². The third-order valence-electron chi connectivity index (χ3n) is 3.39. The van der Waals surface area contributed by atoms with E-state index in [1.807, 2.05) is 0 Å². The summed E-state index contributed by atoms with van der Waals surface area (Å²) in [5.41, 5.74) is 0.384. The summed E-state index contributed by atoms with van der Waals surface area (Å²) in [6.45, 7) is 1.24. The van der Waals surface area contributed by atoms with E-state index in [9.17, 15) is 14.9 Å². The van der Waals surface area contributed by atoms with Crippen molar-refractivity contribution in [3.63, 3.8) is 0 Å². The van der Waals surface area contributed by atoms with E-state index in [4.69, 9.17) is 5.11 Å². The van der Waals surface area contributed by atoms with Crippen molar-refractivity contribution in [2.45, 2.75) is 6.42 Å². The zero-order valence-corrected chi connectivity index (χ0v) is 10.9. The average molecular weight is 276 g/mol. The van der Waals surface area contributed by atoms with Crippen LogP contribution in [0.4, 0.5) is 5.69 Å². The Hall–Kier alpha value is -2.21. The molecule has 1 fully saturated rings. The number of nitrogens with zero attached hydrogens (tertiary/aromatic N) is 2. The van der Waals surface area contributed by atoms with Gasteiger partial charge in [0.2, 0.25) is 5.91 Å². The van der Waals surface area contributed by atoms with Crippen LogP contribution in [-0.4, -0.2) is 40.5 Å². The molecule has 1 aromatic rings. The van der Waals surface area contributed by atoms with Gasteiger partial charge in [-0.1, -0.05) is 12.1 Å². The van der Waals surface area contributed by atoms with E-state index < -0.39 is 4.92 Å². The normalized spacial score (nSPS) is 18.6. The Morgan fingerprint density at radius 3 is 2.90 bits per heavy atom. The van der Waals surface area contributed by atoms with Crippen LogP contribution in [0, 0.1) is 16.0 Å². The van der Waals surface area contributed by atoms with Gasteiger partial charge in [0.25, 0.3) is 5.69 Å². The second-order valence-electron chi connectivity index (χ2n) is 4.77. The Bertz CT molecular complexity index is 542. The predicted octanol–water partition coefficient (Wildman–Crippen LogP) is 1.45. The molecule has 1 aliphatic rings. The minimum Gasteiger partial charge on any atom is -0.396 e. The fourth-order valence-electron chi connectivity index (χ4n) is 2.24. The van der Waals surface area contributed by atoms with Crippen LogP contribution >= 0.6 is 0 Å². The van der Waals surface area contributed by atoms with E-state index in [0.717, 1.165) is 6.42 Å². The number of rotatable bonds is 4. The second-order valence-corrected chi connectivity index (χ2v) is 4.77. The van der Waals surface area contributed by atoms with Crippen LogP contribution in [0.2, 0.25) is 0 Å². The first-order valence-electron chi connectivity index (χ1n) is 6.43. The molecular weight excluding hydrogens is 260 g/mol. The van der Waals surface area contributed by atoms with Gasteiger partial charge in [-0.2, -0.15) is 0 Å². The molecule has 20 heavy (non-hydrogen) atoms. The van der Waals surface area contributed by atoms with Crippen LogP contribution in [0.1, 0.15) is 12.0 Å². The highest BCUT2D eigenvalue weighted by atomic mass is 16.6. The lowest BCUT2D eigenvalue weighted by molar-refractivity contribution is -0.385. The molecule has 1 unspecified atom stereocenters. The molecule has 0 spiro atoms. The molecule has 1 atom stereocenters. The van der Waals surface area contributed by atoms with Crippen LogP contribution in [-0.2, 0) is 4.79 Å². The summed E-state index contributed by atoms with van der Waals surface area (Å²) in [4.78, 5) is 24.0. The Kier molecular flexibility index (Phi) is 4.47. The van der Waals surface area contributed by atoms with Gasteiger partial charge in [-0.15, -0.1) is 0 Å². The first-order chi connectivity index (χ1) is 9.61. The van der Waals surface area contributed by atoms with Crippen LogP contribution in [0.3, 0.4) is 0 Å². The smallest absolute Gasteiger partial charge is 0.276 e. The molecule has 1 N–H and O–H groups in total. The molecule has 0 aliphatic carbocycles. The summed E-state index contributed by atoms with van der Waals surface area (Å²) in [7, 11) is 0. The van der Waals surface area contributed by atoms with Gasteiger partial charge in [-0.3, -0.25) is 14.9 Å². The van der Waals surface area contributed by atoms with E-state index in [1.54, 1.807) is 23.1 Å². The van der Waals surface area contributed by atoms with Crippen molar-refractivity contribution in [2.24, 2.45) is 5.92 Å². The van der Waals surface area contributed by atoms with E-state index >= 15 is 0 Å². The molecule has 106 valence electrons. The Balaban J connectivity index is 2.06. The van der Waals surface area contributed by atoms with Gasteiger partial charge in [0, 0.05) is 37.8 Å². The number of carbonyl (C=O) groups is 1. The maximum Gasteiger partial charge on any atom is 0.276 e. The Morgan fingerprint density at radius 2 is 2.25 bits per heavy atom. The first-order valence-corrected chi connectivity index (χ1v) is 6.43. The highest BCUT2D eigenvalue weighted by Crippen LogP contribution is 2.20. The highest BCUT2D eigenvalue weighted by Gasteiger charge is 2.24. The van der Waals surface area contributed by atoms with E-state index in [0.29, 0.717) is 18.7 Å². The number of benzene rings is 1. The van der Waals surface area contributed by atoms with Crippen molar-refractivity contribution in [2.75, 3.05) is 19.7 Å². The molecular formula is C14H16N2O4. The van der Waals surface area contributed by atoms with Gasteiger partial charge in [0.15, 0.2) is 0 Å². The van der Waals surface area contributed by atoms with Crippen LogP contribution < -0.4 is 0 Å². The number of para-hydroxylation sites is 1. The van der Waals surface area contributed by atoms with Crippen LogP contribution in [0.15, 0.2) is 30.3 Å². The number of aliphatic hydroxyl groups is 1. The van der Waals surface area contributed by atoms with E-state index in [2.05, 4.69) is 0 Å². The second kappa shape index (κ2) is 6.29. The summed E-state index contributed by atoms with van der Waals surface area (Å²) >= 11 is 0. The number of hydrogen-bond donors (Lipinski definition) is 1. The fourth-order valence-corrected chi connectivity index (χ4v) is 2.24. The number of likely N-dealkylation sites (tertiary alicyclic amines) is 1. The van der Waals surface area contributed by atoms with Crippen molar-refractivity contribution in [1.82, 2.24) is 4.90 Å². The van der Waals surface area contributed by atoms with Crippen molar-refractivity contribution in [1.29, 1.82) is 0 Å². The van der Waals surface area contributed by atoms with Crippen LogP contribution in [0.5, 0.6) is 0 Å². The summed E-state index contributed by atoms with van der Waals surface area (Å²) < 4.78 is 0. The molecule has 6 heteroatoms. The average Bonchev–Trinajstić information content (AvgIpc) is 2.94. The minimum atomic E-state index is -0.470. The van der Waals surface area contributed by atoms with Gasteiger partial charge in [0.1, 0.15) is 0 Å². The molecule has 1 aromatic carbocycles. The Morgan fingerprint density at radius 1 is 1.50 bits per heavy atom. The minimum absolute atomic E-state index is 0.0220. The third kappa shape index (κ3) is 3.21. The zero-order valence-electron chi connectivity index (χ0n) is 10.9. The van der Waals surface area contributed by atoms with Crippen molar-refractivity contribution >= 4 is 17.7 Å². The summed E-state index contributed by atoms with van der Waals surface area (Å²) in [6.07, 6.45) is 3.61. The molecule has 2 rings (SSSR count). The number of carbonyl (C=O) groups excluding carboxylic acids is 1. The first kappa shape index (κ1) is 14.2. The van der Waals surface area contributed by atoms with Crippen molar-refractivity contribution in [3.8, 4) is 0 Å². The van der Waals surface area contributed by atoms with E-state index in [-0.39, 0.29) is 24.1 Å². The molecule has 0 aromatic heterocycles. The monoisotopic (exact) mass is 276 g/mol. The lowest BCUT2D eigenvalue weighted by atomic mass is 10.1. The summed E-state index contributed by atoms with van der Waals surface area (Å²) in [5.74, 6) is -0.0440. The summed E-state index contributed by atoms with van der Waals surface area (Å²) in [5, 5.41) is 19.9. The lowest BCUT2D eigenvalue weighted by Gasteiger charge is -2.13. The molecule has 1 aliphatic heterocycles. The van der Waals surface area contributed by atoms with Gasteiger partial charge in [-0.05, 0) is 18.6 Å². The number of nitro groups is 1. The largest absolute Gasteiger partial charge is 0.396 e. The van der Waals surface area contributed by atoms with Gasteiger partial charge in [-0.25, -0.2) is 0 Å². The topological polar surface area (TPSA) is 83.7 Å². The SMILES string of the molecule is O=C(/C=C/c1ccccc1[N+](=O)[O-])N1CCC(CO)C1. The van der Waals surface area contributed by atoms with E-state index in [1.165, 1.54) is 18.2 Å². The number of nitro benzene ring substituents is 1.